The molecule has 22 heavy (non-hydrogen) atoms. The van der Waals surface area contributed by atoms with Gasteiger partial charge in [0.05, 0.1) is 7.11 Å². The summed E-state index contributed by atoms with van der Waals surface area (Å²) in [7, 11) is 1.57. The molecule has 2 heterocycles. The molecule has 0 aromatic heterocycles. The quantitative estimate of drug-likeness (QED) is 0.675. The molecule has 0 aliphatic carbocycles. The van der Waals surface area contributed by atoms with Crippen LogP contribution in [0.15, 0.2) is 17.8 Å². The van der Waals surface area contributed by atoms with Crippen LogP contribution in [-0.4, -0.2) is 36.4 Å². The van der Waals surface area contributed by atoms with E-state index < -0.39 is 0 Å². The van der Waals surface area contributed by atoms with Crippen LogP contribution in [-0.2, 0) is 4.79 Å². The molecule has 0 saturated carbocycles. The van der Waals surface area contributed by atoms with E-state index in [0.29, 0.717) is 34.6 Å². The number of fused-ring (bicyclic) bond motifs is 1. The van der Waals surface area contributed by atoms with E-state index in [1.807, 2.05) is 6.92 Å². The maximum Gasteiger partial charge on any atom is 0.276 e. The molecule has 0 unspecified atom stereocenters. The average Bonchev–Trinajstić information content (AvgIpc) is 3.06. The number of methoxy groups -OCH3 is 1. The lowest BCUT2D eigenvalue weighted by molar-refractivity contribution is -0.122. The summed E-state index contributed by atoms with van der Waals surface area (Å²) in [5.41, 5.74) is 1.15. The Morgan fingerprint density at radius 3 is 2.82 bits per heavy atom. The maximum absolute atomic E-state index is 12.4. The van der Waals surface area contributed by atoms with Crippen molar-refractivity contribution in [3.05, 3.63) is 23.4 Å². The highest BCUT2D eigenvalue weighted by Crippen LogP contribution is 2.39. The molecule has 1 amide bonds. The number of carbonyl (C=O) groups is 1. The average molecular weight is 320 g/mol. The molecule has 1 aromatic rings. The van der Waals surface area contributed by atoms with Gasteiger partial charge >= 0.3 is 0 Å². The highest BCUT2D eigenvalue weighted by Gasteiger charge is 2.30. The number of hydrogen-bond donors (Lipinski definition) is 1. The molecular weight excluding hydrogens is 304 g/mol. The number of amides is 1. The van der Waals surface area contributed by atoms with E-state index in [-0.39, 0.29) is 12.7 Å². The van der Waals surface area contributed by atoms with Gasteiger partial charge in [-0.3, -0.25) is 9.69 Å². The predicted octanol–water partition coefficient (Wildman–Crippen LogP) is 1.89. The summed E-state index contributed by atoms with van der Waals surface area (Å²) in [4.78, 5) is 13.9. The summed E-state index contributed by atoms with van der Waals surface area (Å²) in [6.45, 7) is 2.78. The zero-order valence-corrected chi connectivity index (χ0v) is 13.2. The van der Waals surface area contributed by atoms with Gasteiger partial charge in [0.15, 0.2) is 16.6 Å². The standard InChI is InChI=1S/C15H16N2O4S/c1-3-4-17-14(18)10(16-15(17)22)5-9-6-12-13(21-8-20-12)7-11(9)19-2/h5-7H,3-4,8H2,1-2H3,(H,16,22)/b10-5-. The highest BCUT2D eigenvalue weighted by atomic mass is 32.1. The topological polar surface area (TPSA) is 60.0 Å². The number of nitrogens with zero attached hydrogens (tertiary/aromatic N) is 1. The molecule has 3 rings (SSSR count). The van der Waals surface area contributed by atoms with Crippen LogP contribution in [0.25, 0.3) is 6.08 Å². The van der Waals surface area contributed by atoms with Crippen molar-refractivity contribution in [2.24, 2.45) is 0 Å². The number of nitrogens with one attached hydrogen (secondary N) is 1. The lowest BCUT2D eigenvalue weighted by atomic mass is 10.1. The number of ether oxygens (including phenoxy) is 3. The first kappa shape index (κ1) is 14.6. The zero-order valence-electron chi connectivity index (χ0n) is 12.3. The molecule has 1 fully saturated rings. The van der Waals surface area contributed by atoms with Crippen LogP contribution in [0, 0.1) is 0 Å². The van der Waals surface area contributed by atoms with Crippen molar-refractivity contribution < 1.29 is 19.0 Å². The van der Waals surface area contributed by atoms with Crippen molar-refractivity contribution in [3.63, 3.8) is 0 Å². The van der Waals surface area contributed by atoms with Gasteiger partial charge in [-0.2, -0.15) is 0 Å². The van der Waals surface area contributed by atoms with E-state index in [1.165, 1.54) is 0 Å². The minimum atomic E-state index is -0.133. The van der Waals surface area contributed by atoms with Gasteiger partial charge in [-0.1, -0.05) is 6.92 Å². The Balaban J connectivity index is 1.95. The number of rotatable bonds is 4. The summed E-state index contributed by atoms with van der Waals surface area (Å²) < 4.78 is 16.0. The lowest BCUT2D eigenvalue weighted by Crippen LogP contribution is -2.31. The molecule has 2 aliphatic rings. The molecule has 116 valence electrons. The Kier molecular flexibility index (Phi) is 3.89. The molecular formula is C15H16N2O4S. The molecule has 1 saturated heterocycles. The molecule has 2 aliphatic heterocycles. The van der Waals surface area contributed by atoms with Gasteiger partial charge in [0, 0.05) is 18.2 Å². The molecule has 1 N–H and O–H groups in total. The fraction of sp³-hybridized carbons (Fsp3) is 0.333. The lowest BCUT2D eigenvalue weighted by Gasteiger charge is -2.11. The molecule has 6 nitrogen and oxygen atoms in total. The number of benzene rings is 1. The summed E-state index contributed by atoms with van der Waals surface area (Å²) in [6, 6.07) is 3.53. The Hall–Kier alpha value is -2.28. The van der Waals surface area contributed by atoms with E-state index in [0.717, 1.165) is 12.0 Å². The van der Waals surface area contributed by atoms with Crippen LogP contribution < -0.4 is 19.5 Å². The molecule has 7 heteroatoms. The Morgan fingerprint density at radius 1 is 1.41 bits per heavy atom. The molecule has 0 spiro atoms. The minimum Gasteiger partial charge on any atom is -0.496 e. The summed E-state index contributed by atoms with van der Waals surface area (Å²) >= 11 is 5.19. The molecule has 0 atom stereocenters. The van der Waals surface area contributed by atoms with Gasteiger partial charge in [-0.05, 0) is 30.8 Å². The second-order valence-corrected chi connectivity index (χ2v) is 5.28. The van der Waals surface area contributed by atoms with E-state index in [2.05, 4.69) is 5.32 Å². The van der Waals surface area contributed by atoms with Gasteiger partial charge in [0.2, 0.25) is 6.79 Å². The first-order valence-electron chi connectivity index (χ1n) is 6.96. The van der Waals surface area contributed by atoms with E-state index in [9.17, 15) is 4.79 Å². The fourth-order valence-corrected chi connectivity index (χ4v) is 2.67. The highest BCUT2D eigenvalue weighted by molar-refractivity contribution is 7.80. The predicted molar refractivity (Wildman–Crippen MR) is 84.8 cm³/mol. The van der Waals surface area contributed by atoms with Crippen LogP contribution in [0.5, 0.6) is 17.2 Å². The largest absolute Gasteiger partial charge is 0.496 e. The Morgan fingerprint density at radius 2 is 2.14 bits per heavy atom. The number of carbonyl (C=O) groups excluding carboxylic acids is 1. The fourth-order valence-electron chi connectivity index (χ4n) is 2.38. The zero-order chi connectivity index (χ0) is 15.7. The maximum atomic E-state index is 12.4. The van der Waals surface area contributed by atoms with Crippen molar-refractivity contribution in [2.75, 3.05) is 20.4 Å². The summed E-state index contributed by atoms with van der Waals surface area (Å²) in [5.74, 6) is 1.73. The normalized spacial score (nSPS) is 18.1. The third-order valence-electron chi connectivity index (χ3n) is 3.43. The van der Waals surface area contributed by atoms with Crippen molar-refractivity contribution in [3.8, 4) is 17.2 Å². The summed E-state index contributed by atoms with van der Waals surface area (Å²) in [5, 5.41) is 3.38. The summed E-state index contributed by atoms with van der Waals surface area (Å²) in [6.07, 6.45) is 2.55. The Bertz CT molecular complexity index is 672. The van der Waals surface area contributed by atoms with Gasteiger partial charge in [0.1, 0.15) is 11.4 Å². The van der Waals surface area contributed by atoms with Crippen LogP contribution in [0.3, 0.4) is 0 Å². The van der Waals surface area contributed by atoms with Crippen molar-refractivity contribution >= 4 is 29.3 Å². The number of hydrogen-bond acceptors (Lipinski definition) is 5. The van der Waals surface area contributed by atoms with Crippen LogP contribution in [0.2, 0.25) is 0 Å². The third kappa shape index (κ3) is 2.48. The van der Waals surface area contributed by atoms with Crippen LogP contribution in [0.1, 0.15) is 18.9 Å². The van der Waals surface area contributed by atoms with Gasteiger partial charge in [-0.25, -0.2) is 0 Å². The Labute approximate surface area is 133 Å². The second kappa shape index (κ2) is 5.84. The van der Waals surface area contributed by atoms with Gasteiger partial charge in [0.25, 0.3) is 5.91 Å². The second-order valence-electron chi connectivity index (χ2n) is 4.89. The first-order chi connectivity index (χ1) is 10.6. The van der Waals surface area contributed by atoms with Crippen LogP contribution in [0.4, 0.5) is 0 Å². The monoisotopic (exact) mass is 320 g/mol. The first-order valence-corrected chi connectivity index (χ1v) is 7.37. The van der Waals surface area contributed by atoms with Gasteiger partial charge in [-0.15, -0.1) is 0 Å². The van der Waals surface area contributed by atoms with Crippen LogP contribution >= 0.6 is 12.2 Å². The number of thiocarbonyl (C=S) groups is 1. The van der Waals surface area contributed by atoms with Crippen molar-refractivity contribution in [1.29, 1.82) is 0 Å². The van der Waals surface area contributed by atoms with E-state index >= 15 is 0 Å². The SMILES string of the molecule is CCCN1C(=O)/C(=C/c2cc3c(cc2OC)OCO3)NC1=S. The molecule has 0 radical (unpaired) electrons. The third-order valence-corrected chi connectivity index (χ3v) is 3.76. The van der Waals surface area contributed by atoms with Crippen molar-refractivity contribution in [2.45, 2.75) is 13.3 Å². The van der Waals surface area contributed by atoms with E-state index in [1.54, 1.807) is 30.2 Å². The van der Waals surface area contributed by atoms with Crippen molar-refractivity contribution in [1.82, 2.24) is 10.2 Å². The smallest absolute Gasteiger partial charge is 0.276 e. The molecule has 0 bridgehead atoms. The van der Waals surface area contributed by atoms with E-state index in [4.69, 9.17) is 26.4 Å². The van der Waals surface area contributed by atoms with Gasteiger partial charge < -0.3 is 19.5 Å². The minimum absolute atomic E-state index is 0.133. The molecule has 1 aromatic carbocycles.